The number of aromatic nitrogens is 1. The number of benzene rings is 5. The maximum absolute atomic E-state index is 14.1. The Hall–Kier alpha value is -10.6. The van der Waals surface area contributed by atoms with Crippen LogP contribution in [0.5, 0.6) is 11.5 Å². The first kappa shape index (κ1) is 85.0. The number of carbonyl (C=O) groups excluding carboxylic acids is 10. The minimum absolute atomic E-state index is 0.0351. The summed E-state index contributed by atoms with van der Waals surface area (Å²) in [5.74, 6) is -2.56. The molecule has 0 aliphatic carbocycles. The second-order valence-corrected chi connectivity index (χ2v) is 29.5. The van der Waals surface area contributed by atoms with Gasteiger partial charge in [-0.1, -0.05) is 139 Å². The molecule has 5 aromatic carbocycles. The van der Waals surface area contributed by atoms with Crippen LogP contribution in [0.15, 0.2) is 145 Å². The fraction of sp³-hybridized carbons (Fsp3) is 0.434. The van der Waals surface area contributed by atoms with Crippen molar-refractivity contribution in [1.82, 2.24) is 46.3 Å². The first-order chi connectivity index (χ1) is 52.8. The normalized spacial score (nSPS) is 15.1. The summed E-state index contributed by atoms with van der Waals surface area (Å²) in [7, 11) is 1.71. The molecule has 0 saturated carbocycles. The number of β-amino-alcohol motifs (C(OH)–C–C–N with tert-alkyl or cyclic N) is 1. The number of aryl methyl sites for hydroxylation is 1. The fourth-order valence-corrected chi connectivity index (χ4v) is 13.5. The van der Waals surface area contributed by atoms with E-state index in [-0.39, 0.29) is 133 Å². The molecule has 2 aliphatic heterocycles. The third-order valence-electron chi connectivity index (χ3n) is 18.9. The van der Waals surface area contributed by atoms with Crippen LogP contribution in [0.2, 0.25) is 0 Å². The van der Waals surface area contributed by atoms with Crippen LogP contribution in [0.1, 0.15) is 139 Å². The van der Waals surface area contributed by atoms with Gasteiger partial charge in [0.1, 0.15) is 48.9 Å². The molecule has 0 spiro atoms. The summed E-state index contributed by atoms with van der Waals surface area (Å²) >= 11 is 1.56. The number of thiazole rings is 1. The summed E-state index contributed by atoms with van der Waals surface area (Å²) in [6.45, 7) is 15.1. The number of likely N-dealkylation sites (N-methyl/N-ethyl adjacent to an activating group) is 1. The van der Waals surface area contributed by atoms with Crippen LogP contribution in [0.3, 0.4) is 0 Å². The SMILES string of the molecule is CC/C(=C(/c1ccc(OCCN(C)C(=O)CCOCCOCCC(=O)N[C@H](C(=O)N2C[C@H](O)C[C@H]2C(=O)NCc2ccc(-c3scnc3C)cc2)C(C)(C)C)cc1)c1ccc(OCc2ccc(NC(=O)[C@H](CCCNC(N)=O)NC(=O)[C@@H](NC(=O)CCCCCN3C(=O)C=CC3=O)C(C)C)cc2)cc1)c1ccccc1. The predicted octanol–water partition coefficient (Wildman–Crippen LogP) is 9.02. The molecule has 27 heteroatoms. The van der Waals surface area contributed by atoms with Gasteiger partial charge in [0, 0.05) is 70.3 Å². The lowest BCUT2D eigenvalue weighted by Crippen LogP contribution is -2.57. The van der Waals surface area contributed by atoms with E-state index < -0.39 is 65.3 Å². The summed E-state index contributed by atoms with van der Waals surface area (Å²) in [5, 5.41) is 27.4. The van der Waals surface area contributed by atoms with Crippen molar-refractivity contribution in [3.63, 3.8) is 0 Å². The van der Waals surface area contributed by atoms with E-state index in [1.807, 2.05) is 131 Å². The van der Waals surface area contributed by atoms with Gasteiger partial charge in [-0.25, -0.2) is 9.78 Å². The van der Waals surface area contributed by atoms with Crippen molar-refractivity contribution in [3.8, 4) is 21.9 Å². The third kappa shape index (κ3) is 26.0. The van der Waals surface area contributed by atoms with E-state index in [2.05, 4.69) is 55.9 Å². The number of nitrogens with zero attached hydrogens (tertiary/aromatic N) is 4. The van der Waals surface area contributed by atoms with Crippen LogP contribution in [0.4, 0.5) is 10.5 Å². The van der Waals surface area contributed by atoms with Crippen molar-refractivity contribution >= 4 is 87.4 Å². The van der Waals surface area contributed by atoms with Gasteiger partial charge >= 0.3 is 6.03 Å². The Bertz CT molecular complexity index is 4130. The minimum atomic E-state index is -1.04. The van der Waals surface area contributed by atoms with Crippen molar-refractivity contribution in [2.75, 3.05) is 71.6 Å². The Labute approximate surface area is 647 Å². The Morgan fingerprint density at radius 1 is 0.691 bits per heavy atom. The van der Waals surface area contributed by atoms with E-state index in [1.54, 1.807) is 54.8 Å². The third-order valence-corrected chi connectivity index (χ3v) is 19.9. The molecule has 9 N–H and O–H groups in total. The number of rotatable bonds is 42. The molecule has 5 atom stereocenters. The highest BCUT2D eigenvalue weighted by molar-refractivity contribution is 7.13. The van der Waals surface area contributed by atoms with E-state index >= 15 is 0 Å². The molecule has 1 saturated heterocycles. The number of primary amides is 1. The Morgan fingerprint density at radius 2 is 1.32 bits per heavy atom. The van der Waals surface area contributed by atoms with Gasteiger partial charge in [0.15, 0.2) is 0 Å². The van der Waals surface area contributed by atoms with Gasteiger partial charge in [0.05, 0.1) is 61.6 Å². The molecular weight excluding hydrogens is 1420 g/mol. The number of aliphatic hydroxyl groups is 1. The lowest BCUT2D eigenvalue weighted by Gasteiger charge is -2.35. The maximum Gasteiger partial charge on any atom is 0.312 e. The maximum atomic E-state index is 14.1. The lowest BCUT2D eigenvalue weighted by atomic mass is 9.85. The number of amides is 11. The van der Waals surface area contributed by atoms with Crippen LogP contribution in [0.25, 0.3) is 21.6 Å². The average molecular weight is 1530 g/mol. The quantitative estimate of drug-likeness (QED) is 0.0101. The topological polar surface area (TPSA) is 349 Å². The summed E-state index contributed by atoms with van der Waals surface area (Å²) in [5.41, 5.74) is 15.7. The molecule has 8 rings (SSSR count). The van der Waals surface area contributed by atoms with E-state index in [1.165, 1.54) is 17.1 Å². The number of hydrogen-bond donors (Lipinski definition) is 8. The van der Waals surface area contributed by atoms with Crippen LogP contribution in [-0.4, -0.2) is 181 Å². The summed E-state index contributed by atoms with van der Waals surface area (Å²) in [6.07, 6.45) is 4.63. The smallest absolute Gasteiger partial charge is 0.312 e. The number of anilines is 1. The van der Waals surface area contributed by atoms with Crippen LogP contribution < -0.4 is 47.1 Å². The van der Waals surface area contributed by atoms with Crippen molar-refractivity contribution in [3.05, 3.63) is 179 Å². The Kier molecular flexibility index (Phi) is 32.8. The monoisotopic (exact) mass is 1530 g/mol. The van der Waals surface area contributed by atoms with Gasteiger partial charge in [0.2, 0.25) is 41.4 Å². The number of allylic oxidation sites excluding steroid dienone is 1. The largest absolute Gasteiger partial charge is 0.492 e. The molecule has 6 aromatic rings. The summed E-state index contributed by atoms with van der Waals surface area (Å²) < 4.78 is 23.8. The van der Waals surface area contributed by atoms with E-state index in [4.69, 9.17) is 24.7 Å². The number of nitrogens with two attached hydrogens (primary N) is 1. The standard InChI is InChI=1S/C83H105N11O15S/c1-9-66(58-17-12-10-13-18-58)74(60-29-35-65(36-30-60)109-52-57-23-31-62(32-24-57)88-78(101)67(19-16-41-85-82(84)105)89-80(103)75(54(2)3)90-69(96)20-14-11-15-42-93-72(99)37-38-73(93)100)59-27-33-64(34-28-59)108-46-43-92(8)71(98)40-45-107-48-47-106-44-39-70(97)91-77(83(5,6)7)81(104)94-51-63(95)49-68(94)79(102)86-50-56-21-25-61(26-22-56)76-55(4)87-53-110-76/h10,12-13,17-18,21-38,53-54,63,67-68,75,77,95H,9,11,14-16,19-20,39-52H2,1-8H3,(H,86,102)(H,88,101)(H,89,103)(H,90,96)(H,91,97)(H3,84,85,105)/b74-66+/t63-,67+,68+,75+,77-/m1/s1. The summed E-state index contributed by atoms with van der Waals surface area (Å²) in [4.78, 5) is 139. The Balaban J connectivity index is 0.744. The number of ether oxygens (including phenoxy) is 4. The molecular formula is C83H105N11O15S. The molecule has 0 bridgehead atoms. The molecule has 26 nitrogen and oxygen atoms in total. The average Bonchev–Trinajstić information content (AvgIpc) is 1.43. The van der Waals surface area contributed by atoms with E-state index in [0.717, 1.165) is 66.4 Å². The molecule has 0 unspecified atom stereocenters. The molecule has 1 fully saturated rings. The second kappa shape index (κ2) is 42.4. The first-order valence-electron chi connectivity index (χ1n) is 37.5. The number of aliphatic hydroxyl groups excluding tert-OH is 1. The minimum Gasteiger partial charge on any atom is -0.492 e. The van der Waals surface area contributed by atoms with E-state index in [9.17, 15) is 53.1 Å². The molecule has 11 amide bonds. The van der Waals surface area contributed by atoms with Crippen LogP contribution in [-0.2, 0) is 65.8 Å². The van der Waals surface area contributed by atoms with Gasteiger partial charge < -0.3 is 71.5 Å². The fourth-order valence-electron chi connectivity index (χ4n) is 12.7. The van der Waals surface area contributed by atoms with Crippen molar-refractivity contribution in [2.24, 2.45) is 17.1 Å². The van der Waals surface area contributed by atoms with Gasteiger partial charge in [0.25, 0.3) is 11.8 Å². The molecule has 110 heavy (non-hydrogen) atoms. The van der Waals surface area contributed by atoms with E-state index in [0.29, 0.717) is 49.4 Å². The van der Waals surface area contributed by atoms with Crippen molar-refractivity contribution in [1.29, 1.82) is 0 Å². The number of likely N-dealkylation sites (tertiary alicyclic amines) is 1. The van der Waals surface area contributed by atoms with Gasteiger partial charge in [-0.15, -0.1) is 11.3 Å². The number of nitrogens with one attached hydrogen (secondary N) is 6. The zero-order valence-corrected chi connectivity index (χ0v) is 64.9. The lowest BCUT2D eigenvalue weighted by molar-refractivity contribution is -0.144. The molecule has 1 aromatic heterocycles. The van der Waals surface area contributed by atoms with Crippen molar-refractivity contribution in [2.45, 2.75) is 156 Å². The van der Waals surface area contributed by atoms with Crippen LogP contribution >= 0.6 is 11.3 Å². The predicted molar refractivity (Wildman–Crippen MR) is 420 cm³/mol. The van der Waals surface area contributed by atoms with Crippen LogP contribution in [0, 0.1) is 18.3 Å². The number of hydrogen-bond acceptors (Lipinski definition) is 17. The number of imide groups is 1. The van der Waals surface area contributed by atoms with Gasteiger partial charge in [-0.3, -0.25) is 48.1 Å². The number of urea groups is 1. The Morgan fingerprint density at radius 3 is 1.93 bits per heavy atom. The molecule has 0 radical (unpaired) electrons. The van der Waals surface area contributed by atoms with Crippen molar-refractivity contribution < 1.29 is 72.0 Å². The highest BCUT2D eigenvalue weighted by Gasteiger charge is 2.44. The zero-order valence-electron chi connectivity index (χ0n) is 64.1. The highest BCUT2D eigenvalue weighted by Crippen LogP contribution is 2.37. The van der Waals surface area contributed by atoms with Gasteiger partial charge in [-0.2, -0.15) is 0 Å². The number of carbonyl (C=O) groups is 10. The molecule has 588 valence electrons. The molecule has 3 heterocycles. The summed E-state index contributed by atoms with van der Waals surface area (Å²) in [6, 6.07) is 36.3. The zero-order chi connectivity index (χ0) is 79.3. The second-order valence-electron chi connectivity index (χ2n) is 28.7. The molecule has 2 aliphatic rings. The number of unbranched alkanes of at least 4 members (excludes halogenated alkanes) is 2. The van der Waals surface area contributed by atoms with Gasteiger partial charge in [-0.05, 0) is 131 Å². The highest BCUT2D eigenvalue weighted by atomic mass is 32.1. The first-order valence-corrected chi connectivity index (χ1v) is 38.4.